The normalized spacial score (nSPS) is 15.5. The summed E-state index contributed by atoms with van der Waals surface area (Å²) >= 11 is 0. The van der Waals surface area contributed by atoms with E-state index in [-0.39, 0.29) is 17.0 Å². The highest BCUT2D eigenvalue weighted by Crippen LogP contribution is 2.24. The van der Waals surface area contributed by atoms with Crippen LogP contribution in [0.1, 0.15) is 44.4 Å². The minimum absolute atomic E-state index is 0.0567. The Bertz CT molecular complexity index is 931. The Morgan fingerprint density at radius 1 is 1.04 bits per heavy atom. The molecule has 0 radical (unpaired) electrons. The fraction of sp³-hybridized carbons (Fsp3) is 0.227. The topological polar surface area (TPSA) is 67.8 Å². The SMILES string of the molecule is CC(=O)Nc1ccc(/C=C2\N=C(c3ccc(C(C)(C)C)cc3)OC2=O)cc1. The molecule has 0 unspecified atom stereocenters. The van der Waals surface area contributed by atoms with Crippen LogP contribution in [0.2, 0.25) is 0 Å². The largest absolute Gasteiger partial charge is 0.402 e. The third-order valence-electron chi connectivity index (χ3n) is 4.15. The zero-order valence-corrected chi connectivity index (χ0v) is 15.9. The number of amides is 1. The average Bonchev–Trinajstić information content (AvgIpc) is 2.96. The van der Waals surface area contributed by atoms with E-state index in [1.165, 1.54) is 12.5 Å². The summed E-state index contributed by atoms with van der Waals surface area (Å²) in [6.45, 7) is 7.89. The average molecular weight is 362 g/mol. The second-order valence-electron chi connectivity index (χ2n) is 7.47. The molecule has 138 valence electrons. The summed E-state index contributed by atoms with van der Waals surface area (Å²) in [4.78, 5) is 27.5. The Morgan fingerprint density at radius 3 is 2.22 bits per heavy atom. The highest BCUT2D eigenvalue weighted by Gasteiger charge is 2.24. The van der Waals surface area contributed by atoms with Crippen LogP contribution in [0.5, 0.6) is 0 Å². The fourth-order valence-corrected chi connectivity index (χ4v) is 2.67. The Labute approximate surface area is 158 Å². The van der Waals surface area contributed by atoms with E-state index < -0.39 is 5.97 Å². The maximum atomic E-state index is 12.1. The number of anilines is 1. The molecule has 0 fully saturated rings. The first-order valence-electron chi connectivity index (χ1n) is 8.73. The van der Waals surface area contributed by atoms with Gasteiger partial charge in [0.1, 0.15) is 0 Å². The zero-order chi connectivity index (χ0) is 19.6. The summed E-state index contributed by atoms with van der Waals surface area (Å²) in [5.74, 6) is -0.301. The van der Waals surface area contributed by atoms with Crippen molar-refractivity contribution in [3.63, 3.8) is 0 Å². The van der Waals surface area contributed by atoms with Crippen LogP contribution < -0.4 is 5.32 Å². The van der Waals surface area contributed by atoms with E-state index in [1.807, 2.05) is 24.3 Å². The lowest BCUT2D eigenvalue weighted by Gasteiger charge is -2.18. The number of rotatable bonds is 3. The van der Waals surface area contributed by atoms with Gasteiger partial charge in [-0.25, -0.2) is 9.79 Å². The first kappa shape index (κ1) is 18.6. The summed E-state index contributed by atoms with van der Waals surface area (Å²) in [5.41, 5.74) is 3.76. The van der Waals surface area contributed by atoms with Gasteiger partial charge < -0.3 is 10.1 Å². The van der Waals surface area contributed by atoms with Gasteiger partial charge in [-0.3, -0.25) is 4.79 Å². The molecular weight excluding hydrogens is 340 g/mol. The van der Waals surface area contributed by atoms with E-state index in [1.54, 1.807) is 30.3 Å². The lowest BCUT2D eigenvalue weighted by Crippen LogP contribution is -2.11. The second kappa shape index (κ2) is 7.19. The Balaban J connectivity index is 1.81. The lowest BCUT2D eigenvalue weighted by atomic mass is 9.87. The molecule has 2 aromatic rings. The molecule has 1 heterocycles. The highest BCUT2D eigenvalue weighted by molar-refractivity contribution is 6.12. The molecule has 5 nitrogen and oxygen atoms in total. The van der Waals surface area contributed by atoms with Crippen LogP contribution in [0.3, 0.4) is 0 Å². The van der Waals surface area contributed by atoms with Crippen LogP contribution in [0.15, 0.2) is 59.2 Å². The van der Waals surface area contributed by atoms with Gasteiger partial charge in [0.2, 0.25) is 11.8 Å². The van der Waals surface area contributed by atoms with E-state index in [0.29, 0.717) is 11.6 Å². The molecule has 3 rings (SSSR count). The van der Waals surface area contributed by atoms with E-state index in [9.17, 15) is 9.59 Å². The van der Waals surface area contributed by atoms with Gasteiger partial charge in [0.05, 0.1) is 0 Å². The molecule has 0 spiro atoms. The first-order chi connectivity index (χ1) is 12.7. The van der Waals surface area contributed by atoms with Gasteiger partial charge in [0.25, 0.3) is 0 Å². The molecule has 1 aliphatic rings. The second-order valence-corrected chi connectivity index (χ2v) is 7.47. The summed E-state index contributed by atoms with van der Waals surface area (Å²) < 4.78 is 5.32. The number of nitrogens with one attached hydrogen (secondary N) is 1. The number of ether oxygens (including phenoxy) is 1. The summed E-state index contributed by atoms with van der Waals surface area (Å²) in [5, 5.41) is 2.70. The Morgan fingerprint density at radius 2 is 1.67 bits per heavy atom. The van der Waals surface area contributed by atoms with Gasteiger partial charge in [-0.2, -0.15) is 0 Å². The fourth-order valence-electron chi connectivity index (χ4n) is 2.67. The molecule has 0 aliphatic carbocycles. The van der Waals surface area contributed by atoms with Crippen molar-refractivity contribution in [1.82, 2.24) is 0 Å². The minimum Gasteiger partial charge on any atom is -0.402 e. The molecular formula is C22H22N2O3. The number of benzene rings is 2. The van der Waals surface area contributed by atoms with E-state index in [2.05, 4.69) is 31.1 Å². The maximum Gasteiger partial charge on any atom is 0.363 e. The van der Waals surface area contributed by atoms with Crippen molar-refractivity contribution >= 4 is 29.5 Å². The first-order valence-corrected chi connectivity index (χ1v) is 8.73. The molecule has 1 N–H and O–H groups in total. The van der Waals surface area contributed by atoms with Crippen molar-refractivity contribution in [3.8, 4) is 0 Å². The van der Waals surface area contributed by atoms with Crippen molar-refractivity contribution < 1.29 is 14.3 Å². The van der Waals surface area contributed by atoms with Crippen LogP contribution in [-0.2, 0) is 19.7 Å². The number of esters is 1. The van der Waals surface area contributed by atoms with Gasteiger partial charge in [-0.05, 0) is 46.9 Å². The summed E-state index contributed by atoms with van der Waals surface area (Å²) in [7, 11) is 0. The van der Waals surface area contributed by atoms with Gasteiger partial charge in [0.15, 0.2) is 5.70 Å². The van der Waals surface area contributed by atoms with Crippen molar-refractivity contribution in [1.29, 1.82) is 0 Å². The summed E-state index contributed by atoms with van der Waals surface area (Å²) in [6.07, 6.45) is 1.66. The third-order valence-corrected chi connectivity index (χ3v) is 4.15. The Kier molecular flexibility index (Phi) is 4.95. The van der Waals surface area contributed by atoms with Crippen molar-refractivity contribution in [3.05, 3.63) is 70.9 Å². The number of hydrogen-bond acceptors (Lipinski definition) is 4. The van der Waals surface area contributed by atoms with Gasteiger partial charge in [0, 0.05) is 18.2 Å². The van der Waals surface area contributed by atoms with Crippen LogP contribution in [0.4, 0.5) is 5.69 Å². The monoisotopic (exact) mass is 362 g/mol. The Hall–Kier alpha value is -3.21. The quantitative estimate of drug-likeness (QED) is 0.654. The van der Waals surface area contributed by atoms with Crippen molar-refractivity contribution in [2.75, 3.05) is 5.32 Å². The molecule has 0 bridgehead atoms. The van der Waals surface area contributed by atoms with Gasteiger partial charge in [-0.15, -0.1) is 0 Å². The van der Waals surface area contributed by atoms with E-state index in [0.717, 1.165) is 11.1 Å². The van der Waals surface area contributed by atoms with E-state index in [4.69, 9.17) is 4.74 Å². The minimum atomic E-state index is -0.476. The molecule has 0 atom stereocenters. The molecule has 1 aliphatic heterocycles. The number of carbonyl (C=O) groups excluding carboxylic acids is 2. The molecule has 27 heavy (non-hydrogen) atoms. The third kappa shape index (κ3) is 4.50. The van der Waals surface area contributed by atoms with Crippen LogP contribution in [-0.4, -0.2) is 17.8 Å². The van der Waals surface area contributed by atoms with Crippen molar-refractivity contribution in [2.45, 2.75) is 33.1 Å². The number of aliphatic imine (C=N–C) groups is 1. The van der Waals surface area contributed by atoms with Crippen LogP contribution >= 0.6 is 0 Å². The maximum absolute atomic E-state index is 12.1. The van der Waals surface area contributed by atoms with Crippen LogP contribution in [0, 0.1) is 0 Å². The van der Waals surface area contributed by atoms with E-state index >= 15 is 0 Å². The summed E-state index contributed by atoms with van der Waals surface area (Å²) in [6, 6.07) is 15.0. The smallest absolute Gasteiger partial charge is 0.363 e. The zero-order valence-electron chi connectivity index (χ0n) is 15.9. The highest BCUT2D eigenvalue weighted by atomic mass is 16.6. The molecule has 2 aromatic carbocycles. The standard InChI is InChI=1S/C22H22N2O3/c1-14(25)23-18-11-5-15(6-12-18)13-19-21(26)27-20(24-19)16-7-9-17(10-8-16)22(2,3)4/h5-13H,1-4H3,(H,23,25)/b19-13-. The lowest BCUT2D eigenvalue weighted by molar-refractivity contribution is -0.129. The predicted molar refractivity (Wildman–Crippen MR) is 106 cm³/mol. The molecule has 0 saturated carbocycles. The molecule has 0 aromatic heterocycles. The van der Waals surface area contributed by atoms with Crippen molar-refractivity contribution in [2.24, 2.45) is 4.99 Å². The molecule has 0 saturated heterocycles. The number of nitrogens with zero attached hydrogens (tertiary/aromatic N) is 1. The number of carbonyl (C=O) groups is 2. The van der Waals surface area contributed by atoms with Gasteiger partial charge in [-0.1, -0.05) is 45.0 Å². The number of cyclic esters (lactones) is 1. The number of hydrogen-bond donors (Lipinski definition) is 1. The predicted octanol–water partition coefficient (Wildman–Crippen LogP) is 4.29. The molecule has 1 amide bonds. The van der Waals surface area contributed by atoms with Crippen LogP contribution in [0.25, 0.3) is 6.08 Å². The molecule has 5 heteroatoms. The van der Waals surface area contributed by atoms with Gasteiger partial charge >= 0.3 is 5.97 Å².